The molecule has 4 rings (SSSR count). The number of hydrogen-bond acceptors (Lipinski definition) is 6. The molecule has 1 aliphatic heterocycles. The summed E-state index contributed by atoms with van der Waals surface area (Å²) in [5.74, 6) is 0.267. The van der Waals surface area contributed by atoms with Crippen molar-refractivity contribution in [2.75, 3.05) is 28.6 Å². The molecule has 0 saturated carbocycles. The molecule has 2 aromatic heterocycles. The van der Waals surface area contributed by atoms with Gasteiger partial charge in [0.15, 0.2) is 0 Å². The summed E-state index contributed by atoms with van der Waals surface area (Å²) >= 11 is 7.27. The molecule has 1 fully saturated rings. The topological polar surface area (TPSA) is 103 Å². The Labute approximate surface area is 182 Å². The van der Waals surface area contributed by atoms with E-state index in [9.17, 15) is 9.59 Å². The predicted octanol–water partition coefficient (Wildman–Crippen LogP) is 4.32. The number of halogens is 1. The number of benzene rings is 1. The lowest BCUT2D eigenvalue weighted by Gasteiger charge is -2.24. The van der Waals surface area contributed by atoms with Crippen LogP contribution in [0.1, 0.15) is 44.9 Å². The third-order valence-corrected chi connectivity index (χ3v) is 6.30. The fourth-order valence-corrected chi connectivity index (χ4v) is 4.49. The normalized spacial score (nSPS) is 13.9. The number of carbonyl (C=O) groups is 2. The molecule has 1 aliphatic rings. The Kier molecular flexibility index (Phi) is 6.01. The Hall–Kier alpha value is -2.91. The zero-order chi connectivity index (χ0) is 21.1. The van der Waals surface area contributed by atoms with E-state index in [1.807, 2.05) is 6.92 Å². The molecular weight excluding hydrogens is 424 g/mol. The number of piperidine rings is 1. The minimum Gasteiger partial charge on any atom is -0.340 e. The number of aromatic nitrogens is 3. The number of aryl methyl sites for hydroxylation is 1. The van der Waals surface area contributed by atoms with Crippen molar-refractivity contribution in [3.8, 4) is 0 Å². The number of hydrogen-bond donors (Lipinski definition) is 3. The van der Waals surface area contributed by atoms with Gasteiger partial charge in [0.25, 0.3) is 11.8 Å². The first kappa shape index (κ1) is 20.4. The van der Waals surface area contributed by atoms with Crippen LogP contribution in [-0.4, -0.2) is 40.1 Å². The van der Waals surface area contributed by atoms with Gasteiger partial charge in [-0.05, 0) is 49.9 Å². The minimum absolute atomic E-state index is 0.301. The Balaban J connectivity index is 1.43. The molecule has 30 heavy (non-hydrogen) atoms. The second kappa shape index (κ2) is 8.85. The highest BCUT2D eigenvalue weighted by molar-refractivity contribution is 7.18. The van der Waals surface area contributed by atoms with Gasteiger partial charge in [0.1, 0.15) is 0 Å². The van der Waals surface area contributed by atoms with E-state index in [1.165, 1.54) is 17.8 Å². The molecular formula is C20H21ClN6O2S. The van der Waals surface area contributed by atoms with Gasteiger partial charge in [-0.2, -0.15) is 4.98 Å². The maximum Gasteiger partial charge on any atom is 0.268 e. The predicted molar refractivity (Wildman–Crippen MR) is 119 cm³/mol. The lowest BCUT2D eigenvalue weighted by molar-refractivity contribution is 0.101. The monoisotopic (exact) mass is 444 g/mol. The van der Waals surface area contributed by atoms with Crippen molar-refractivity contribution in [1.82, 2.24) is 15.2 Å². The van der Waals surface area contributed by atoms with Crippen LogP contribution in [0.2, 0.25) is 5.02 Å². The van der Waals surface area contributed by atoms with E-state index in [-0.39, 0.29) is 11.8 Å². The number of carbonyl (C=O) groups excluding carboxylic acids is 2. The standard InChI is InChI=1S/C20H21ClN6O2S/c1-12-11-15(22-17(28)13-7-3-4-8-14(13)21)30-16(12)18(29)23-19-24-20(26-25-19)27-9-5-2-6-10-27/h3-4,7-8,11H,2,5-6,9-10H2,1H3,(H,22,28)(H2,23,24,25,26,29). The van der Waals surface area contributed by atoms with Gasteiger partial charge in [-0.1, -0.05) is 23.7 Å². The molecule has 2 amide bonds. The molecule has 0 aliphatic carbocycles. The quantitative estimate of drug-likeness (QED) is 0.543. The van der Waals surface area contributed by atoms with E-state index >= 15 is 0 Å². The third kappa shape index (κ3) is 4.47. The van der Waals surface area contributed by atoms with Crippen molar-refractivity contribution in [3.63, 3.8) is 0 Å². The van der Waals surface area contributed by atoms with E-state index in [0.29, 0.717) is 32.4 Å². The Morgan fingerprint density at radius 3 is 2.67 bits per heavy atom. The summed E-state index contributed by atoms with van der Waals surface area (Å²) < 4.78 is 0. The number of rotatable bonds is 5. The molecule has 0 spiro atoms. The molecule has 0 radical (unpaired) electrons. The number of amides is 2. The molecule has 156 valence electrons. The van der Waals surface area contributed by atoms with Crippen LogP contribution >= 0.6 is 22.9 Å². The van der Waals surface area contributed by atoms with Crippen molar-refractivity contribution >= 4 is 51.6 Å². The van der Waals surface area contributed by atoms with Crippen LogP contribution in [0.15, 0.2) is 30.3 Å². The first-order valence-electron chi connectivity index (χ1n) is 9.66. The van der Waals surface area contributed by atoms with Gasteiger partial charge in [-0.25, -0.2) is 5.10 Å². The molecule has 1 saturated heterocycles. The number of aromatic amines is 1. The highest BCUT2D eigenvalue weighted by Gasteiger charge is 2.19. The Bertz CT molecular complexity index is 1070. The largest absolute Gasteiger partial charge is 0.340 e. The van der Waals surface area contributed by atoms with Crippen LogP contribution in [0.25, 0.3) is 0 Å². The van der Waals surface area contributed by atoms with Crippen molar-refractivity contribution < 1.29 is 9.59 Å². The maximum absolute atomic E-state index is 12.7. The van der Waals surface area contributed by atoms with Gasteiger partial charge in [0.05, 0.1) is 20.5 Å². The minimum atomic E-state index is -0.324. The molecule has 3 N–H and O–H groups in total. The lowest BCUT2D eigenvalue weighted by atomic mass is 10.1. The zero-order valence-electron chi connectivity index (χ0n) is 16.4. The molecule has 3 heterocycles. The third-order valence-electron chi connectivity index (χ3n) is 4.82. The summed E-state index contributed by atoms with van der Waals surface area (Å²) in [6.07, 6.45) is 3.46. The number of nitrogens with zero attached hydrogens (tertiary/aromatic N) is 3. The second-order valence-corrected chi connectivity index (χ2v) is 8.50. The van der Waals surface area contributed by atoms with Crippen LogP contribution < -0.4 is 15.5 Å². The summed E-state index contributed by atoms with van der Waals surface area (Å²) in [4.78, 5) is 32.1. The van der Waals surface area contributed by atoms with Gasteiger partial charge in [-0.3, -0.25) is 14.9 Å². The van der Waals surface area contributed by atoms with Crippen molar-refractivity contribution in [2.24, 2.45) is 0 Å². The molecule has 10 heteroatoms. The SMILES string of the molecule is Cc1cc(NC(=O)c2ccccc2Cl)sc1C(=O)Nc1nc(N2CCCCC2)n[nH]1. The number of thiophene rings is 1. The van der Waals surface area contributed by atoms with E-state index < -0.39 is 0 Å². The van der Waals surface area contributed by atoms with E-state index in [1.54, 1.807) is 30.3 Å². The van der Waals surface area contributed by atoms with E-state index in [2.05, 4.69) is 30.7 Å². The van der Waals surface area contributed by atoms with Gasteiger partial charge in [0.2, 0.25) is 11.9 Å². The highest BCUT2D eigenvalue weighted by Crippen LogP contribution is 2.28. The number of nitrogens with one attached hydrogen (secondary N) is 3. The van der Waals surface area contributed by atoms with Gasteiger partial charge >= 0.3 is 0 Å². The second-order valence-electron chi connectivity index (χ2n) is 7.04. The molecule has 0 atom stereocenters. The lowest BCUT2D eigenvalue weighted by Crippen LogP contribution is -2.30. The van der Waals surface area contributed by atoms with E-state index in [4.69, 9.17) is 11.6 Å². The van der Waals surface area contributed by atoms with Crippen molar-refractivity contribution in [2.45, 2.75) is 26.2 Å². The average molecular weight is 445 g/mol. The highest BCUT2D eigenvalue weighted by atomic mass is 35.5. The molecule has 0 bridgehead atoms. The fraction of sp³-hybridized carbons (Fsp3) is 0.300. The van der Waals surface area contributed by atoms with Crippen LogP contribution in [0.3, 0.4) is 0 Å². The summed E-state index contributed by atoms with van der Waals surface area (Å²) in [6.45, 7) is 3.66. The Morgan fingerprint density at radius 2 is 1.90 bits per heavy atom. The van der Waals surface area contributed by atoms with Gasteiger partial charge < -0.3 is 10.2 Å². The summed E-state index contributed by atoms with van der Waals surface area (Å²) in [5, 5.41) is 13.5. The number of H-pyrrole nitrogens is 1. The average Bonchev–Trinajstić information content (AvgIpc) is 3.35. The van der Waals surface area contributed by atoms with Crippen LogP contribution in [0, 0.1) is 6.92 Å². The van der Waals surface area contributed by atoms with Crippen molar-refractivity contribution in [3.05, 3.63) is 51.4 Å². The Morgan fingerprint density at radius 1 is 1.13 bits per heavy atom. The first-order valence-corrected chi connectivity index (χ1v) is 10.9. The smallest absolute Gasteiger partial charge is 0.268 e. The summed E-state index contributed by atoms with van der Waals surface area (Å²) in [5.41, 5.74) is 1.13. The van der Waals surface area contributed by atoms with Crippen molar-refractivity contribution in [1.29, 1.82) is 0 Å². The molecule has 1 aromatic carbocycles. The number of anilines is 3. The fourth-order valence-electron chi connectivity index (χ4n) is 3.30. The van der Waals surface area contributed by atoms with Crippen LogP contribution in [0.5, 0.6) is 0 Å². The van der Waals surface area contributed by atoms with E-state index in [0.717, 1.165) is 31.5 Å². The van der Waals surface area contributed by atoms with Gasteiger partial charge in [-0.15, -0.1) is 16.4 Å². The first-order chi connectivity index (χ1) is 14.5. The summed E-state index contributed by atoms with van der Waals surface area (Å²) in [6, 6.07) is 8.57. The maximum atomic E-state index is 12.7. The molecule has 8 nitrogen and oxygen atoms in total. The molecule has 0 unspecified atom stereocenters. The van der Waals surface area contributed by atoms with Crippen LogP contribution in [0.4, 0.5) is 16.9 Å². The summed E-state index contributed by atoms with van der Waals surface area (Å²) in [7, 11) is 0. The molecule has 3 aromatic rings. The van der Waals surface area contributed by atoms with Gasteiger partial charge in [0, 0.05) is 13.1 Å². The zero-order valence-corrected chi connectivity index (χ0v) is 17.9. The van der Waals surface area contributed by atoms with Crippen LogP contribution in [-0.2, 0) is 0 Å².